The highest BCUT2D eigenvalue weighted by Crippen LogP contribution is 2.27. The standard InChI is InChI=1S/C17H25ClN2O2Si/c1-17(2,22-16(20)21)8-6-12-10-13(7-9-23(3,4)5)15(19)11-14(12)18/h10-11H,6,8,19H2,1-5H3,(H2,20,21). The van der Waals surface area contributed by atoms with Gasteiger partial charge in [0.15, 0.2) is 0 Å². The van der Waals surface area contributed by atoms with Crippen molar-refractivity contribution in [2.45, 2.75) is 51.9 Å². The predicted octanol–water partition coefficient (Wildman–Crippen LogP) is 3.96. The number of halogens is 1. The normalized spacial score (nSPS) is 11.6. The molecule has 4 nitrogen and oxygen atoms in total. The van der Waals surface area contributed by atoms with Gasteiger partial charge in [-0.05, 0) is 44.4 Å². The fourth-order valence-electron chi connectivity index (χ4n) is 1.95. The molecule has 1 aromatic rings. The number of rotatable bonds is 4. The Kier molecular flexibility index (Phi) is 6.15. The first-order chi connectivity index (χ1) is 10.4. The Hall–Kier alpha value is -1.64. The predicted molar refractivity (Wildman–Crippen MR) is 99.2 cm³/mol. The summed E-state index contributed by atoms with van der Waals surface area (Å²) < 4.78 is 5.09. The number of hydrogen-bond donors (Lipinski definition) is 2. The molecular formula is C17H25ClN2O2Si. The zero-order valence-corrected chi connectivity index (χ0v) is 16.2. The third kappa shape index (κ3) is 6.98. The van der Waals surface area contributed by atoms with Crippen LogP contribution in [0, 0.1) is 11.5 Å². The number of ether oxygens (including phenoxy) is 1. The lowest BCUT2D eigenvalue weighted by molar-refractivity contribution is 0.0394. The third-order valence-corrected chi connectivity index (χ3v) is 4.39. The van der Waals surface area contributed by atoms with E-state index in [-0.39, 0.29) is 0 Å². The van der Waals surface area contributed by atoms with Crippen molar-refractivity contribution in [2.24, 2.45) is 5.73 Å². The second kappa shape index (κ2) is 7.29. The van der Waals surface area contributed by atoms with Crippen LogP contribution in [-0.4, -0.2) is 19.8 Å². The molecule has 0 aliphatic carbocycles. The van der Waals surface area contributed by atoms with E-state index in [4.69, 9.17) is 27.8 Å². The lowest BCUT2D eigenvalue weighted by atomic mass is 9.97. The minimum absolute atomic E-state index is 0.581. The Balaban J connectivity index is 2.99. The van der Waals surface area contributed by atoms with Gasteiger partial charge in [-0.2, -0.15) is 0 Å². The Morgan fingerprint density at radius 1 is 1.35 bits per heavy atom. The van der Waals surface area contributed by atoms with E-state index in [1.807, 2.05) is 19.9 Å². The average molecular weight is 353 g/mol. The maximum atomic E-state index is 10.9. The number of amides is 1. The van der Waals surface area contributed by atoms with E-state index in [9.17, 15) is 4.79 Å². The van der Waals surface area contributed by atoms with Gasteiger partial charge >= 0.3 is 6.09 Å². The van der Waals surface area contributed by atoms with Crippen LogP contribution < -0.4 is 11.5 Å². The van der Waals surface area contributed by atoms with Gasteiger partial charge in [0.2, 0.25) is 0 Å². The number of benzene rings is 1. The summed E-state index contributed by atoms with van der Waals surface area (Å²) in [6.07, 6.45) is 0.460. The van der Waals surface area contributed by atoms with Crippen LogP contribution in [0.3, 0.4) is 0 Å². The number of carbonyl (C=O) groups excluding carboxylic acids is 1. The quantitative estimate of drug-likeness (QED) is 0.489. The molecule has 0 spiro atoms. The van der Waals surface area contributed by atoms with Gasteiger partial charge in [0.05, 0.1) is 0 Å². The lowest BCUT2D eigenvalue weighted by Gasteiger charge is -2.24. The van der Waals surface area contributed by atoms with E-state index in [0.717, 1.165) is 11.1 Å². The van der Waals surface area contributed by atoms with Crippen LogP contribution in [0.5, 0.6) is 0 Å². The molecule has 0 heterocycles. The molecule has 0 radical (unpaired) electrons. The Labute approximate surface area is 144 Å². The van der Waals surface area contributed by atoms with Crippen LogP contribution in [-0.2, 0) is 11.2 Å². The molecule has 1 rings (SSSR count). The monoisotopic (exact) mass is 352 g/mol. The summed E-state index contributed by atoms with van der Waals surface area (Å²) in [6.45, 7) is 10.2. The van der Waals surface area contributed by atoms with Crippen molar-refractivity contribution in [3.8, 4) is 11.5 Å². The molecule has 0 fully saturated rings. The molecule has 0 atom stereocenters. The molecule has 0 bridgehead atoms. The van der Waals surface area contributed by atoms with E-state index in [1.165, 1.54) is 0 Å². The summed E-state index contributed by atoms with van der Waals surface area (Å²) in [6, 6.07) is 3.65. The molecule has 23 heavy (non-hydrogen) atoms. The van der Waals surface area contributed by atoms with Gasteiger partial charge in [0, 0.05) is 16.3 Å². The number of hydrogen-bond acceptors (Lipinski definition) is 3. The van der Waals surface area contributed by atoms with E-state index in [0.29, 0.717) is 23.6 Å². The van der Waals surface area contributed by atoms with Crippen LogP contribution in [0.1, 0.15) is 31.4 Å². The molecule has 0 saturated heterocycles. The van der Waals surface area contributed by atoms with Crippen molar-refractivity contribution >= 4 is 31.5 Å². The van der Waals surface area contributed by atoms with Crippen molar-refractivity contribution in [1.82, 2.24) is 0 Å². The highest BCUT2D eigenvalue weighted by molar-refractivity contribution is 6.83. The Bertz CT molecular complexity index is 655. The molecular weight excluding hydrogens is 328 g/mol. The number of aryl methyl sites for hydroxylation is 1. The third-order valence-electron chi connectivity index (χ3n) is 3.16. The second-order valence-electron chi connectivity index (χ2n) is 7.21. The minimum Gasteiger partial charge on any atom is -0.444 e. The molecule has 0 saturated carbocycles. The van der Waals surface area contributed by atoms with Gasteiger partial charge in [-0.25, -0.2) is 4.79 Å². The molecule has 1 amide bonds. The van der Waals surface area contributed by atoms with Crippen LogP contribution in [0.15, 0.2) is 12.1 Å². The zero-order chi connectivity index (χ0) is 17.8. The second-order valence-corrected chi connectivity index (χ2v) is 12.4. The minimum atomic E-state index is -1.48. The molecule has 0 aromatic heterocycles. The molecule has 0 aliphatic rings. The molecule has 0 unspecified atom stereocenters. The van der Waals surface area contributed by atoms with Gasteiger partial charge in [-0.1, -0.05) is 37.2 Å². The number of nitrogen functional groups attached to an aromatic ring is 1. The number of carbonyl (C=O) groups is 1. The molecule has 126 valence electrons. The summed E-state index contributed by atoms with van der Waals surface area (Å²) in [7, 11) is -1.48. The molecule has 6 heteroatoms. The van der Waals surface area contributed by atoms with Gasteiger partial charge < -0.3 is 16.2 Å². The summed E-state index contributed by atoms with van der Waals surface area (Å²) in [4.78, 5) is 10.9. The Morgan fingerprint density at radius 3 is 2.48 bits per heavy atom. The fourth-order valence-corrected chi connectivity index (χ4v) is 2.72. The van der Waals surface area contributed by atoms with Crippen molar-refractivity contribution in [3.05, 3.63) is 28.3 Å². The number of anilines is 1. The van der Waals surface area contributed by atoms with Gasteiger partial charge in [0.25, 0.3) is 0 Å². The topological polar surface area (TPSA) is 78.3 Å². The van der Waals surface area contributed by atoms with Gasteiger partial charge in [-0.15, -0.1) is 5.54 Å². The fraction of sp³-hybridized carbons (Fsp3) is 0.471. The van der Waals surface area contributed by atoms with Crippen molar-refractivity contribution in [2.75, 3.05) is 5.73 Å². The molecule has 4 N–H and O–H groups in total. The van der Waals surface area contributed by atoms with E-state index in [1.54, 1.807) is 6.07 Å². The first kappa shape index (κ1) is 19.4. The summed E-state index contributed by atoms with van der Waals surface area (Å²) in [5.41, 5.74) is 16.1. The van der Waals surface area contributed by atoms with Crippen LogP contribution in [0.25, 0.3) is 0 Å². The van der Waals surface area contributed by atoms with Crippen molar-refractivity contribution in [1.29, 1.82) is 0 Å². The van der Waals surface area contributed by atoms with Crippen LogP contribution in [0.2, 0.25) is 24.7 Å². The van der Waals surface area contributed by atoms with Crippen molar-refractivity contribution < 1.29 is 9.53 Å². The van der Waals surface area contributed by atoms with Crippen molar-refractivity contribution in [3.63, 3.8) is 0 Å². The highest BCUT2D eigenvalue weighted by atomic mass is 35.5. The van der Waals surface area contributed by atoms with E-state index < -0.39 is 19.8 Å². The average Bonchev–Trinajstić information content (AvgIpc) is 2.33. The van der Waals surface area contributed by atoms with E-state index >= 15 is 0 Å². The highest BCUT2D eigenvalue weighted by Gasteiger charge is 2.22. The first-order valence-electron chi connectivity index (χ1n) is 7.49. The Morgan fingerprint density at radius 2 is 1.96 bits per heavy atom. The zero-order valence-electron chi connectivity index (χ0n) is 14.4. The maximum absolute atomic E-state index is 10.9. The summed E-state index contributed by atoms with van der Waals surface area (Å²) in [5.74, 6) is 3.17. The first-order valence-corrected chi connectivity index (χ1v) is 11.4. The van der Waals surface area contributed by atoms with Crippen LogP contribution in [0.4, 0.5) is 10.5 Å². The number of nitrogens with two attached hydrogens (primary N) is 2. The smallest absolute Gasteiger partial charge is 0.405 e. The lowest BCUT2D eigenvalue weighted by Crippen LogP contribution is -2.31. The SMILES string of the molecule is CC(C)(CCc1cc(C#C[Si](C)(C)C)c(N)cc1Cl)OC(N)=O. The van der Waals surface area contributed by atoms with Crippen LogP contribution >= 0.6 is 11.6 Å². The maximum Gasteiger partial charge on any atom is 0.405 e. The largest absolute Gasteiger partial charge is 0.444 e. The van der Waals surface area contributed by atoms with Gasteiger partial charge in [0.1, 0.15) is 13.7 Å². The molecule has 1 aromatic carbocycles. The molecule has 0 aliphatic heterocycles. The van der Waals surface area contributed by atoms with E-state index in [2.05, 4.69) is 31.1 Å². The summed E-state index contributed by atoms with van der Waals surface area (Å²) >= 11 is 6.27. The van der Waals surface area contributed by atoms with Gasteiger partial charge in [-0.3, -0.25) is 0 Å². The number of primary amides is 1. The summed E-state index contributed by atoms with van der Waals surface area (Å²) in [5, 5.41) is 0.593.